The number of hydrogen-bond donors (Lipinski definition) is 2. The maximum atomic E-state index is 13.8. The summed E-state index contributed by atoms with van der Waals surface area (Å²) in [5.41, 5.74) is 3.90. The fourth-order valence-corrected chi connectivity index (χ4v) is 3.83. The van der Waals surface area contributed by atoms with Crippen LogP contribution in [0.15, 0.2) is 48.5 Å². The first kappa shape index (κ1) is 22.2. The molecule has 6 nitrogen and oxygen atoms in total. The summed E-state index contributed by atoms with van der Waals surface area (Å²) in [6.07, 6.45) is 0. The molecule has 0 saturated carbocycles. The lowest BCUT2D eigenvalue weighted by Crippen LogP contribution is -2.47. The van der Waals surface area contributed by atoms with Crippen molar-refractivity contribution in [1.29, 1.82) is 5.26 Å². The molecule has 3 aromatic carbocycles. The highest BCUT2D eigenvalue weighted by atomic mass is 19.1. The van der Waals surface area contributed by atoms with Gasteiger partial charge in [0.1, 0.15) is 29.5 Å². The number of aryl methyl sites for hydroxylation is 1. The fourth-order valence-electron chi connectivity index (χ4n) is 3.83. The number of halogens is 1. The van der Waals surface area contributed by atoms with Crippen molar-refractivity contribution < 1.29 is 18.7 Å². The van der Waals surface area contributed by atoms with Crippen LogP contribution in [0.3, 0.4) is 0 Å². The Bertz CT molecular complexity index is 1290. The Morgan fingerprint density at radius 1 is 1.06 bits per heavy atom. The lowest BCUT2D eigenvalue weighted by molar-refractivity contribution is -0.119. The van der Waals surface area contributed by atoms with Crippen LogP contribution in [0.2, 0.25) is 0 Å². The number of anilines is 2. The van der Waals surface area contributed by atoms with Crippen molar-refractivity contribution in [1.82, 2.24) is 0 Å². The van der Waals surface area contributed by atoms with Crippen molar-refractivity contribution in [2.45, 2.75) is 32.9 Å². The second-order valence-electron chi connectivity index (χ2n) is 8.44. The highest BCUT2D eigenvalue weighted by Gasteiger charge is 2.35. The lowest BCUT2D eigenvalue weighted by Gasteiger charge is -2.34. The predicted molar refractivity (Wildman–Crippen MR) is 125 cm³/mol. The summed E-state index contributed by atoms with van der Waals surface area (Å²) in [5, 5.41) is 15.7. The Balaban J connectivity index is 1.88. The highest BCUT2D eigenvalue weighted by Crippen LogP contribution is 2.42. The second-order valence-corrected chi connectivity index (χ2v) is 8.44. The summed E-state index contributed by atoms with van der Waals surface area (Å²) >= 11 is 0. The van der Waals surface area contributed by atoms with Gasteiger partial charge in [0, 0.05) is 17.2 Å². The van der Waals surface area contributed by atoms with Crippen LogP contribution in [-0.4, -0.2) is 18.6 Å². The predicted octanol–water partition coefficient (Wildman–Crippen LogP) is 5.40. The topological polar surface area (TPSA) is 83.4 Å². The van der Waals surface area contributed by atoms with E-state index >= 15 is 0 Å². The van der Waals surface area contributed by atoms with Crippen LogP contribution in [0.25, 0.3) is 11.1 Å². The number of hydrogen-bond acceptors (Lipinski definition) is 5. The molecular weight excluding hydrogens is 421 g/mol. The monoisotopic (exact) mass is 445 g/mol. The smallest absolute Gasteiger partial charge is 0.249 e. The van der Waals surface area contributed by atoms with Crippen LogP contribution >= 0.6 is 0 Å². The van der Waals surface area contributed by atoms with Crippen LogP contribution in [0, 0.1) is 24.1 Å². The molecule has 2 N–H and O–H groups in total. The van der Waals surface area contributed by atoms with E-state index in [1.807, 2.05) is 19.1 Å². The minimum atomic E-state index is -0.787. The summed E-state index contributed by atoms with van der Waals surface area (Å²) in [6.45, 7) is 5.49. The zero-order valence-corrected chi connectivity index (χ0v) is 18.9. The van der Waals surface area contributed by atoms with Crippen molar-refractivity contribution >= 4 is 17.3 Å². The molecule has 33 heavy (non-hydrogen) atoms. The van der Waals surface area contributed by atoms with Crippen molar-refractivity contribution in [3.05, 3.63) is 71.0 Å². The van der Waals surface area contributed by atoms with Gasteiger partial charge in [-0.3, -0.25) is 4.79 Å². The molecule has 0 aromatic heterocycles. The third-order valence-corrected chi connectivity index (χ3v) is 5.71. The van der Waals surface area contributed by atoms with Crippen LogP contribution in [0.1, 0.15) is 30.5 Å². The number of benzene rings is 3. The molecule has 0 fully saturated rings. The van der Waals surface area contributed by atoms with E-state index in [0.717, 1.165) is 16.8 Å². The molecule has 0 unspecified atom stereocenters. The van der Waals surface area contributed by atoms with Gasteiger partial charge in [-0.05, 0) is 62.2 Å². The standard InChI is InChI=1S/C26H24FN3O3/c1-15-5-7-17(27)12-23(15)33-14-20-18(19-11-16(13-28)6-10-22(19)32-4)8-9-21-24(20)29-25(31)26(2,3)30-21/h5-12,30H,14H2,1-4H3,(H,29,31). The quantitative estimate of drug-likeness (QED) is 0.549. The molecule has 1 heterocycles. The van der Waals surface area contributed by atoms with Gasteiger partial charge in [-0.25, -0.2) is 4.39 Å². The Morgan fingerprint density at radius 2 is 1.85 bits per heavy atom. The minimum absolute atomic E-state index is 0.0606. The zero-order chi connectivity index (χ0) is 23.8. The Labute approximate surface area is 192 Å². The van der Waals surface area contributed by atoms with Gasteiger partial charge < -0.3 is 20.1 Å². The van der Waals surface area contributed by atoms with Crippen LogP contribution < -0.4 is 20.1 Å². The van der Waals surface area contributed by atoms with Gasteiger partial charge in [0.15, 0.2) is 0 Å². The fraction of sp³-hybridized carbons (Fsp3) is 0.231. The molecule has 0 bridgehead atoms. The number of ether oxygens (including phenoxy) is 2. The Kier molecular flexibility index (Phi) is 5.69. The number of nitriles is 1. The van der Waals surface area contributed by atoms with E-state index in [9.17, 15) is 14.4 Å². The van der Waals surface area contributed by atoms with E-state index in [1.165, 1.54) is 12.1 Å². The summed E-state index contributed by atoms with van der Waals surface area (Å²) in [5.74, 6) is 0.401. The number of nitrogens with one attached hydrogen (secondary N) is 2. The number of rotatable bonds is 5. The number of methoxy groups -OCH3 is 1. The number of nitrogens with zero attached hydrogens (tertiary/aromatic N) is 1. The van der Waals surface area contributed by atoms with Gasteiger partial charge in [0.2, 0.25) is 5.91 Å². The Morgan fingerprint density at radius 3 is 2.58 bits per heavy atom. The number of carbonyl (C=O) groups is 1. The third-order valence-electron chi connectivity index (χ3n) is 5.71. The molecule has 0 aliphatic carbocycles. The number of carbonyl (C=O) groups excluding carboxylic acids is 1. The molecular formula is C26H24FN3O3. The summed E-state index contributed by atoms with van der Waals surface area (Å²) < 4.78 is 25.4. The Hall–Kier alpha value is -4.05. The van der Waals surface area contributed by atoms with E-state index in [-0.39, 0.29) is 12.5 Å². The first-order chi connectivity index (χ1) is 15.7. The molecule has 1 aliphatic heterocycles. The maximum absolute atomic E-state index is 13.8. The number of amides is 1. The van der Waals surface area contributed by atoms with Crippen LogP contribution in [0.4, 0.5) is 15.8 Å². The van der Waals surface area contributed by atoms with Crippen molar-refractivity contribution in [2.24, 2.45) is 0 Å². The number of fused-ring (bicyclic) bond motifs is 1. The lowest BCUT2D eigenvalue weighted by atomic mass is 9.92. The van der Waals surface area contributed by atoms with E-state index < -0.39 is 11.4 Å². The normalized spacial score (nSPS) is 13.9. The van der Waals surface area contributed by atoms with Gasteiger partial charge in [-0.2, -0.15) is 5.26 Å². The minimum Gasteiger partial charge on any atom is -0.496 e. The zero-order valence-electron chi connectivity index (χ0n) is 18.9. The first-order valence-electron chi connectivity index (χ1n) is 10.5. The van der Waals surface area contributed by atoms with Crippen molar-refractivity contribution in [3.8, 4) is 28.7 Å². The molecule has 3 aromatic rings. The first-order valence-corrected chi connectivity index (χ1v) is 10.5. The van der Waals surface area contributed by atoms with Gasteiger partial charge in [-0.1, -0.05) is 12.1 Å². The van der Waals surface area contributed by atoms with Gasteiger partial charge in [0.25, 0.3) is 0 Å². The van der Waals surface area contributed by atoms with Crippen LogP contribution in [-0.2, 0) is 11.4 Å². The van der Waals surface area contributed by atoms with E-state index in [4.69, 9.17) is 9.47 Å². The van der Waals surface area contributed by atoms with Gasteiger partial charge in [0.05, 0.1) is 30.1 Å². The van der Waals surface area contributed by atoms with E-state index in [1.54, 1.807) is 45.2 Å². The van der Waals surface area contributed by atoms with Crippen molar-refractivity contribution in [2.75, 3.05) is 17.7 Å². The highest BCUT2D eigenvalue weighted by molar-refractivity contribution is 6.07. The largest absolute Gasteiger partial charge is 0.496 e. The molecule has 1 amide bonds. The molecule has 4 rings (SSSR count). The van der Waals surface area contributed by atoms with Gasteiger partial charge in [-0.15, -0.1) is 0 Å². The molecule has 7 heteroatoms. The third kappa shape index (κ3) is 4.20. The second kappa shape index (κ2) is 8.47. The average Bonchev–Trinajstić information content (AvgIpc) is 2.79. The SMILES string of the molecule is COc1ccc(C#N)cc1-c1ccc2c(c1COc1cc(F)ccc1C)NC(=O)C(C)(C)N2. The molecule has 168 valence electrons. The van der Waals surface area contributed by atoms with Crippen molar-refractivity contribution in [3.63, 3.8) is 0 Å². The summed E-state index contributed by atoms with van der Waals surface area (Å²) in [6, 6.07) is 15.4. The molecule has 0 atom stereocenters. The molecule has 0 saturated heterocycles. The molecule has 0 radical (unpaired) electrons. The van der Waals surface area contributed by atoms with Crippen LogP contribution in [0.5, 0.6) is 11.5 Å². The van der Waals surface area contributed by atoms with Gasteiger partial charge >= 0.3 is 0 Å². The summed E-state index contributed by atoms with van der Waals surface area (Å²) in [7, 11) is 1.56. The molecule has 1 aliphatic rings. The maximum Gasteiger partial charge on any atom is 0.249 e. The molecule has 0 spiro atoms. The summed E-state index contributed by atoms with van der Waals surface area (Å²) in [4.78, 5) is 12.7. The van der Waals surface area contributed by atoms with E-state index in [2.05, 4.69) is 16.7 Å². The van der Waals surface area contributed by atoms with E-state index in [0.29, 0.717) is 33.9 Å². The average molecular weight is 445 g/mol.